The molecular formula is C10H18N4OS. The van der Waals surface area contributed by atoms with Crippen LogP contribution in [0.15, 0.2) is 0 Å². The number of thiazole rings is 1. The molecule has 0 bridgehead atoms. The normalized spacial score (nSPS) is 12.8. The SMILES string of the molecule is Cc1nc(N)sc1C(=O)NC(C)CN(C)C. The molecule has 0 saturated carbocycles. The zero-order chi connectivity index (χ0) is 12.3. The number of anilines is 1. The average Bonchev–Trinajstić information content (AvgIpc) is 2.43. The number of nitrogen functional groups attached to an aromatic ring is 1. The molecule has 3 N–H and O–H groups in total. The quantitative estimate of drug-likeness (QED) is 0.816. The van der Waals surface area contributed by atoms with Crippen molar-refractivity contribution < 1.29 is 4.79 Å². The lowest BCUT2D eigenvalue weighted by atomic mass is 10.3. The lowest BCUT2D eigenvalue weighted by molar-refractivity contribution is 0.0937. The summed E-state index contributed by atoms with van der Waals surface area (Å²) < 4.78 is 0. The van der Waals surface area contributed by atoms with E-state index < -0.39 is 0 Å². The van der Waals surface area contributed by atoms with Gasteiger partial charge in [-0.15, -0.1) is 0 Å². The van der Waals surface area contributed by atoms with Crippen LogP contribution in [0.25, 0.3) is 0 Å². The highest BCUT2D eigenvalue weighted by atomic mass is 32.1. The molecule has 0 saturated heterocycles. The molecule has 90 valence electrons. The lowest BCUT2D eigenvalue weighted by Gasteiger charge is -2.17. The van der Waals surface area contributed by atoms with Crippen molar-refractivity contribution in [2.24, 2.45) is 0 Å². The Morgan fingerprint density at radius 3 is 2.69 bits per heavy atom. The van der Waals surface area contributed by atoms with Gasteiger partial charge in [-0.1, -0.05) is 11.3 Å². The average molecular weight is 242 g/mol. The maximum Gasteiger partial charge on any atom is 0.263 e. The second kappa shape index (κ2) is 5.27. The van der Waals surface area contributed by atoms with Gasteiger partial charge in [0.1, 0.15) is 4.88 Å². The summed E-state index contributed by atoms with van der Waals surface area (Å²) in [5, 5.41) is 3.35. The molecule has 0 fully saturated rings. The van der Waals surface area contributed by atoms with Crippen LogP contribution in [0.2, 0.25) is 0 Å². The number of aromatic nitrogens is 1. The Hall–Kier alpha value is -1.14. The van der Waals surface area contributed by atoms with E-state index in [-0.39, 0.29) is 11.9 Å². The molecule has 1 aromatic heterocycles. The molecule has 1 rings (SSSR count). The van der Waals surface area contributed by atoms with Gasteiger partial charge in [0.25, 0.3) is 5.91 Å². The molecule has 1 heterocycles. The second-order valence-electron chi connectivity index (χ2n) is 4.10. The van der Waals surface area contributed by atoms with Gasteiger partial charge in [-0.2, -0.15) is 0 Å². The number of aryl methyl sites for hydroxylation is 1. The number of carbonyl (C=O) groups is 1. The fraction of sp³-hybridized carbons (Fsp3) is 0.600. The molecule has 1 atom stereocenters. The largest absolute Gasteiger partial charge is 0.375 e. The van der Waals surface area contributed by atoms with E-state index in [0.717, 1.165) is 6.54 Å². The van der Waals surface area contributed by atoms with E-state index in [9.17, 15) is 4.79 Å². The predicted molar refractivity (Wildman–Crippen MR) is 66.7 cm³/mol. The Bertz CT molecular complexity index is 375. The van der Waals surface area contributed by atoms with Crippen molar-refractivity contribution in [2.75, 3.05) is 26.4 Å². The van der Waals surface area contributed by atoms with Crippen LogP contribution in [0.5, 0.6) is 0 Å². The zero-order valence-electron chi connectivity index (χ0n) is 10.1. The molecule has 0 aliphatic carbocycles. The Morgan fingerprint density at radius 2 is 2.25 bits per heavy atom. The maximum atomic E-state index is 11.9. The van der Waals surface area contributed by atoms with E-state index in [0.29, 0.717) is 15.7 Å². The minimum absolute atomic E-state index is 0.0962. The molecular weight excluding hydrogens is 224 g/mol. The van der Waals surface area contributed by atoms with E-state index in [4.69, 9.17) is 5.73 Å². The number of nitrogens with zero attached hydrogens (tertiary/aromatic N) is 2. The fourth-order valence-electron chi connectivity index (χ4n) is 1.51. The van der Waals surface area contributed by atoms with Gasteiger partial charge in [0.05, 0.1) is 5.69 Å². The van der Waals surface area contributed by atoms with Crippen LogP contribution < -0.4 is 11.1 Å². The van der Waals surface area contributed by atoms with Gasteiger partial charge in [0, 0.05) is 12.6 Å². The van der Waals surface area contributed by atoms with Crippen molar-refractivity contribution in [1.82, 2.24) is 15.2 Å². The van der Waals surface area contributed by atoms with E-state index in [2.05, 4.69) is 10.3 Å². The Morgan fingerprint density at radius 1 is 1.62 bits per heavy atom. The Kier molecular flexibility index (Phi) is 4.26. The fourth-order valence-corrected chi connectivity index (χ4v) is 2.25. The van der Waals surface area contributed by atoms with Crippen LogP contribution >= 0.6 is 11.3 Å². The van der Waals surface area contributed by atoms with Crippen LogP contribution in [-0.2, 0) is 0 Å². The third-order valence-corrected chi connectivity index (χ3v) is 3.02. The number of hydrogen-bond donors (Lipinski definition) is 2. The summed E-state index contributed by atoms with van der Waals surface area (Å²) in [5.74, 6) is -0.0962. The minimum atomic E-state index is -0.0962. The van der Waals surface area contributed by atoms with Crippen molar-refractivity contribution in [1.29, 1.82) is 0 Å². The number of carbonyl (C=O) groups excluding carboxylic acids is 1. The monoisotopic (exact) mass is 242 g/mol. The van der Waals surface area contributed by atoms with Crippen LogP contribution in [0.1, 0.15) is 22.3 Å². The van der Waals surface area contributed by atoms with E-state index in [1.54, 1.807) is 6.92 Å². The summed E-state index contributed by atoms with van der Waals surface area (Å²) in [4.78, 5) is 18.5. The van der Waals surface area contributed by atoms with E-state index >= 15 is 0 Å². The van der Waals surface area contributed by atoms with Crippen LogP contribution in [0, 0.1) is 6.92 Å². The van der Waals surface area contributed by atoms with Crippen LogP contribution in [0.3, 0.4) is 0 Å². The van der Waals surface area contributed by atoms with Gasteiger partial charge >= 0.3 is 0 Å². The predicted octanol–water partition coefficient (Wildman–Crippen LogP) is 0.714. The molecule has 0 aliphatic heterocycles. The molecule has 0 spiro atoms. The molecule has 1 unspecified atom stereocenters. The van der Waals surface area contributed by atoms with Crippen LogP contribution in [0.4, 0.5) is 5.13 Å². The number of rotatable bonds is 4. The minimum Gasteiger partial charge on any atom is -0.375 e. The molecule has 1 aromatic rings. The first-order chi connectivity index (χ1) is 7.40. The first-order valence-electron chi connectivity index (χ1n) is 5.08. The summed E-state index contributed by atoms with van der Waals surface area (Å²) in [5.41, 5.74) is 6.24. The summed E-state index contributed by atoms with van der Waals surface area (Å²) in [6.45, 7) is 4.56. The molecule has 0 radical (unpaired) electrons. The third kappa shape index (κ3) is 3.46. The smallest absolute Gasteiger partial charge is 0.263 e. The Labute approximate surface area is 99.7 Å². The van der Waals surface area contributed by atoms with Crippen molar-refractivity contribution >= 4 is 22.4 Å². The summed E-state index contributed by atoms with van der Waals surface area (Å²) >= 11 is 1.22. The van der Waals surface area contributed by atoms with Gasteiger partial charge in [-0.25, -0.2) is 4.98 Å². The molecule has 1 amide bonds. The van der Waals surface area contributed by atoms with Crippen molar-refractivity contribution in [2.45, 2.75) is 19.9 Å². The van der Waals surface area contributed by atoms with Gasteiger partial charge in [-0.05, 0) is 27.9 Å². The van der Waals surface area contributed by atoms with E-state index in [1.807, 2.05) is 25.9 Å². The molecule has 6 heteroatoms. The third-order valence-electron chi connectivity index (χ3n) is 2.04. The topological polar surface area (TPSA) is 71.2 Å². The number of nitrogens with one attached hydrogen (secondary N) is 1. The molecule has 5 nitrogen and oxygen atoms in total. The summed E-state index contributed by atoms with van der Waals surface area (Å²) in [6.07, 6.45) is 0. The lowest BCUT2D eigenvalue weighted by Crippen LogP contribution is -2.39. The highest BCUT2D eigenvalue weighted by molar-refractivity contribution is 7.17. The first kappa shape index (κ1) is 12.9. The van der Waals surface area contributed by atoms with Gasteiger partial charge in [0.15, 0.2) is 5.13 Å². The maximum absolute atomic E-state index is 11.9. The molecule has 16 heavy (non-hydrogen) atoms. The summed E-state index contributed by atoms with van der Waals surface area (Å²) in [6, 6.07) is 0.102. The Balaban J connectivity index is 2.62. The van der Waals surface area contributed by atoms with E-state index in [1.165, 1.54) is 11.3 Å². The van der Waals surface area contributed by atoms with Crippen molar-refractivity contribution in [3.05, 3.63) is 10.6 Å². The van der Waals surface area contributed by atoms with Crippen molar-refractivity contribution in [3.8, 4) is 0 Å². The zero-order valence-corrected chi connectivity index (χ0v) is 10.9. The second-order valence-corrected chi connectivity index (χ2v) is 5.13. The molecule has 0 aliphatic rings. The van der Waals surface area contributed by atoms with Gasteiger partial charge in [-0.3, -0.25) is 4.79 Å². The number of amides is 1. The highest BCUT2D eigenvalue weighted by Gasteiger charge is 2.16. The number of hydrogen-bond acceptors (Lipinski definition) is 5. The standard InChI is InChI=1S/C10H18N4OS/c1-6(5-14(3)4)12-9(15)8-7(2)13-10(11)16-8/h6H,5H2,1-4H3,(H2,11,13)(H,12,15). The van der Waals surface area contributed by atoms with Gasteiger partial charge in [0.2, 0.25) is 0 Å². The number of likely N-dealkylation sites (N-methyl/N-ethyl adjacent to an activating group) is 1. The molecule has 0 aromatic carbocycles. The number of nitrogens with two attached hydrogens (primary N) is 1. The first-order valence-corrected chi connectivity index (χ1v) is 5.90. The highest BCUT2D eigenvalue weighted by Crippen LogP contribution is 2.19. The van der Waals surface area contributed by atoms with Crippen LogP contribution in [-0.4, -0.2) is 42.5 Å². The summed E-state index contributed by atoms with van der Waals surface area (Å²) in [7, 11) is 3.94. The van der Waals surface area contributed by atoms with Crippen molar-refractivity contribution in [3.63, 3.8) is 0 Å². The van der Waals surface area contributed by atoms with Gasteiger partial charge < -0.3 is 16.0 Å².